The fourth-order valence-electron chi connectivity index (χ4n) is 13.8. The molecule has 0 saturated carbocycles. The predicted octanol–water partition coefficient (Wildman–Crippen LogP) is -8.10. The number of thiocarbonyl (C=S) groups is 2. The van der Waals surface area contributed by atoms with Crippen molar-refractivity contribution in [3.05, 3.63) is 24.3 Å². The summed E-state index contributed by atoms with van der Waals surface area (Å²) in [5.41, 5.74) is 1.12. The number of ether oxygens (including phenoxy) is 14. The zero-order valence-corrected chi connectivity index (χ0v) is 60.9. The Bertz CT molecular complexity index is 2780. The van der Waals surface area contributed by atoms with Crippen LogP contribution in [0.25, 0.3) is 0 Å². The first kappa shape index (κ1) is 86.4. The van der Waals surface area contributed by atoms with E-state index in [1.165, 1.54) is 44.6 Å². The van der Waals surface area contributed by atoms with Crippen LogP contribution in [0.3, 0.4) is 0 Å². The van der Waals surface area contributed by atoms with Crippen molar-refractivity contribution in [2.45, 2.75) is 298 Å². The third-order valence-electron chi connectivity index (χ3n) is 19.9. The fourth-order valence-corrected chi connectivity index (χ4v) is 15.6. The van der Waals surface area contributed by atoms with Gasteiger partial charge in [-0.3, -0.25) is 0 Å². The van der Waals surface area contributed by atoms with Gasteiger partial charge in [-0.05, 0) is 55.1 Å². The van der Waals surface area contributed by atoms with E-state index in [0.29, 0.717) is 23.0 Å². The van der Waals surface area contributed by atoms with Crippen molar-refractivity contribution in [2.24, 2.45) is 0 Å². The van der Waals surface area contributed by atoms with Crippen LogP contribution in [-0.2, 0) is 66.3 Å². The first-order valence-corrected chi connectivity index (χ1v) is 40.1. The summed E-state index contributed by atoms with van der Waals surface area (Å²) in [6, 6.07) is 8.22. The number of rotatable bonds is 22. The van der Waals surface area contributed by atoms with Crippen LogP contribution >= 0.6 is 24.4 Å². The second-order valence-corrected chi connectivity index (χ2v) is 35.2. The monoisotopic (exact) mass is 1570 g/mol. The van der Waals surface area contributed by atoms with Crippen LogP contribution in [0.1, 0.15) is 57.8 Å². The molecule has 24 N–H and O–H groups in total. The number of unbranched alkanes of at least 4 members (excludes halogenated alkanes) is 8. The van der Waals surface area contributed by atoms with Crippen LogP contribution in [0, 0.1) is 0 Å². The predicted molar refractivity (Wildman–Crippen MR) is 366 cm³/mol. The SMILES string of the molecule is C[Si](C)(C)CCCCCCCCCCCNC(=S)Nc1ccc(NC(=S)NC[C@H]2O[C@@H]3O[C@H]4[C@H](O)[C@@H](O)[C@@H](O[C@H]5[C@H](O)[C@@H](O)[C@@H](O[C@H]6[C@H](O)[C@@H](O)[C@@H](O[C@H]7[C@H](O)[C@@H](O)[C@@H](O[C@H]8[C@H](O)[C@@H](O)[C@@H](O[C@H]9[C@H](O)[C@@H](O)[C@@H](O[C@H]2[C@H](O)[C@H]3O)O[C@@H]9CO)O[C@@H]8CO)O[C@@H]7CO)O[C@@H]6CO)O[C@@H]5CO)O[C@@H]4CO)cc1. The first-order chi connectivity index (χ1) is 50.0. The Kier molecular flexibility index (Phi) is 32.7. The summed E-state index contributed by atoms with van der Waals surface area (Å²) >= 11 is 11.2. The highest BCUT2D eigenvalue weighted by atomic mass is 32.1. The lowest BCUT2D eigenvalue weighted by atomic mass is 9.95. The molecular formula is C64H108N4O34S2Si. The van der Waals surface area contributed by atoms with E-state index < -0.39 is 269 Å². The van der Waals surface area contributed by atoms with Gasteiger partial charge in [0, 0.05) is 32.5 Å². The summed E-state index contributed by atoms with van der Waals surface area (Å²) in [7, 11) is -0.978. The molecule has 21 aliphatic rings. The molecule has 0 spiro atoms. The van der Waals surface area contributed by atoms with Gasteiger partial charge in [0.25, 0.3) is 0 Å². The highest BCUT2D eigenvalue weighted by Gasteiger charge is 2.60. The van der Waals surface area contributed by atoms with Gasteiger partial charge in [0.1, 0.15) is 171 Å². The lowest BCUT2D eigenvalue weighted by Gasteiger charge is -2.50. The maximum atomic E-state index is 12.0. The highest BCUT2D eigenvalue weighted by molar-refractivity contribution is 7.80. The largest absolute Gasteiger partial charge is 0.394 e. The number of aliphatic hydroxyl groups is 20. The third kappa shape index (κ3) is 21.4. The maximum absolute atomic E-state index is 12.0. The van der Waals surface area contributed by atoms with E-state index in [1.54, 1.807) is 24.3 Å². The van der Waals surface area contributed by atoms with Gasteiger partial charge in [-0.2, -0.15) is 0 Å². The van der Waals surface area contributed by atoms with Gasteiger partial charge in [-0.25, -0.2) is 0 Å². The molecular weight excluding hydrogens is 1460 g/mol. The van der Waals surface area contributed by atoms with Crippen molar-refractivity contribution < 1.29 is 168 Å². The summed E-state index contributed by atoms with van der Waals surface area (Å²) in [4.78, 5) is 0. The van der Waals surface area contributed by atoms with Crippen LogP contribution in [0.15, 0.2) is 24.3 Å². The van der Waals surface area contributed by atoms with Gasteiger partial charge in [0.2, 0.25) is 0 Å². The number of anilines is 2. The van der Waals surface area contributed by atoms with Crippen molar-refractivity contribution in [3.8, 4) is 0 Å². The number of hydrogen-bond acceptors (Lipinski definition) is 36. The normalized spacial score (nSPS) is 43.7. The van der Waals surface area contributed by atoms with Crippen LogP contribution in [0.5, 0.6) is 0 Å². The van der Waals surface area contributed by atoms with Gasteiger partial charge in [0.15, 0.2) is 54.3 Å². The maximum Gasteiger partial charge on any atom is 0.187 e. The molecule has 0 amide bonds. The van der Waals surface area contributed by atoms with Crippen molar-refractivity contribution in [3.63, 3.8) is 0 Å². The molecule has 21 heterocycles. The molecule has 21 aliphatic heterocycles. The summed E-state index contributed by atoms with van der Waals surface area (Å²) in [5.74, 6) is 0. The molecule has 1 aromatic rings. The van der Waals surface area contributed by atoms with E-state index in [4.69, 9.17) is 90.8 Å². The van der Waals surface area contributed by atoms with E-state index in [0.717, 1.165) is 19.3 Å². The average Bonchev–Trinajstić information content (AvgIpc) is 0.788. The number of nitrogens with one attached hydrogen (secondary N) is 4. The molecule has 0 aromatic heterocycles. The Morgan fingerprint density at radius 2 is 0.505 bits per heavy atom. The lowest BCUT2D eigenvalue weighted by Crippen LogP contribution is -2.68. The van der Waals surface area contributed by atoms with Crippen molar-refractivity contribution in [2.75, 3.05) is 63.4 Å². The third-order valence-corrected chi connectivity index (χ3v) is 22.2. The Morgan fingerprint density at radius 1 is 0.295 bits per heavy atom. The molecule has 0 aliphatic carbocycles. The smallest absolute Gasteiger partial charge is 0.187 e. The van der Waals surface area contributed by atoms with Gasteiger partial charge in [0.05, 0.1) is 39.6 Å². The average molecular weight is 1570 g/mol. The van der Waals surface area contributed by atoms with Crippen molar-refractivity contribution >= 4 is 54.1 Å². The Morgan fingerprint density at radius 3 is 0.743 bits per heavy atom. The fraction of sp³-hybridized carbons (Fsp3) is 0.875. The minimum atomic E-state index is -2.24. The van der Waals surface area contributed by atoms with Crippen LogP contribution < -0.4 is 21.3 Å². The first-order valence-electron chi connectivity index (χ1n) is 35.6. The van der Waals surface area contributed by atoms with Crippen LogP contribution in [0.4, 0.5) is 11.4 Å². The molecule has 105 heavy (non-hydrogen) atoms. The minimum absolute atomic E-state index is 0.0691. The molecule has 21 fully saturated rings. The molecule has 14 bridgehead atoms. The molecule has 41 heteroatoms. The second-order valence-electron chi connectivity index (χ2n) is 28.8. The summed E-state index contributed by atoms with van der Waals surface area (Å²) in [5, 5.41) is 239. The Labute approximate surface area is 616 Å². The molecule has 1 aromatic carbocycles. The number of aliphatic hydroxyl groups excluding tert-OH is 20. The molecule has 21 saturated heterocycles. The summed E-state index contributed by atoms with van der Waals surface area (Å²) in [6.07, 6.45) is -60.0. The minimum Gasteiger partial charge on any atom is -0.394 e. The summed E-state index contributed by atoms with van der Waals surface area (Å²) in [6.45, 7) is 1.10. The molecule has 22 rings (SSSR count). The molecule has 35 atom stereocenters. The van der Waals surface area contributed by atoms with Gasteiger partial charge >= 0.3 is 0 Å². The van der Waals surface area contributed by atoms with Gasteiger partial charge in [-0.15, -0.1) is 0 Å². The van der Waals surface area contributed by atoms with Crippen LogP contribution in [0.2, 0.25) is 25.7 Å². The zero-order valence-electron chi connectivity index (χ0n) is 58.2. The Hall–Kier alpha value is -2.54. The van der Waals surface area contributed by atoms with Gasteiger partial charge in [-0.1, -0.05) is 77.1 Å². The van der Waals surface area contributed by atoms with Crippen molar-refractivity contribution in [1.29, 1.82) is 0 Å². The van der Waals surface area contributed by atoms with Gasteiger partial charge < -0.3 is 190 Å². The Balaban J connectivity index is 0.915. The zero-order chi connectivity index (χ0) is 76.3. The van der Waals surface area contributed by atoms with Crippen LogP contribution in [-0.4, -0.2) is 388 Å². The molecule has 604 valence electrons. The number of benzene rings is 1. The standard InChI is InChI=1S/C64H108N4O34S2Si/c1-105(2,3)18-12-10-8-6-4-5-7-9-11-17-65-63(103)67-26-13-15-27(16-14-26)68-64(104)66-19-28-49-35(75)42(82)56(89-28)97-50-29(20-69)91-58(44(84)37(50)77)99-52-31(22-71)93-60(46(86)39(52)79)101-54-33(24-73)95-62(48(88)41(54)81)102-55-34(25-74)94-61(47(87)40(55)80)100-53-32(23-72)92-59(45(85)38(53)78)98-51-30(21-70)90-57(96-49)43(83)36(51)76/h13-16,28-62,69-88H,4-12,17-25H2,1-3H3,(H2,65,67,103)(H2,66,68,104)/t28-,29-,30-,31-,32-,33-,34-,35-,36-,37-,38-,39-,40-,41-,42-,43-,44-,45-,46-,47-,48-,49-,50-,51-,52-,53-,54-,55-,56-,57-,58-,59-,60-,61-,62-/m1/s1. The molecule has 0 radical (unpaired) electrons. The lowest BCUT2D eigenvalue weighted by molar-refractivity contribution is -0.396. The van der Waals surface area contributed by atoms with E-state index in [2.05, 4.69) is 40.9 Å². The van der Waals surface area contributed by atoms with E-state index in [9.17, 15) is 102 Å². The quantitative estimate of drug-likeness (QED) is 0.0291. The molecule has 38 nitrogen and oxygen atoms in total. The second kappa shape index (κ2) is 39.8. The topological polar surface area (TPSA) is 582 Å². The number of hydrogen-bond donors (Lipinski definition) is 24. The van der Waals surface area contributed by atoms with E-state index in [-0.39, 0.29) is 5.11 Å². The summed E-state index contributed by atoms with van der Waals surface area (Å²) < 4.78 is 82.1. The highest BCUT2D eigenvalue weighted by Crippen LogP contribution is 2.39. The van der Waals surface area contributed by atoms with E-state index in [1.807, 2.05) is 0 Å². The van der Waals surface area contributed by atoms with Crippen molar-refractivity contribution in [1.82, 2.24) is 10.6 Å². The molecule has 0 unspecified atom stereocenters. The van der Waals surface area contributed by atoms with E-state index >= 15 is 0 Å².